The lowest BCUT2D eigenvalue weighted by molar-refractivity contribution is -0.263. The van der Waals surface area contributed by atoms with Crippen molar-refractivity contribution in [1.29, 1.82) is 0 Å². The summed E-state index contributed by atoms with van der Waals surface area (Å²) in [7, 11) is 0. The molecule has 0 aliphatic carbocycles. The van der Waals surface area contributed by atoms with Gasteiger partial charge < -0.3 is 14.6 Å². The third-order valence-electron chi connectivity index (χ3n) is 5.70. The van der Waals surface area contributed by atoms with Crippen LogP contribution in [0.3, 0.4) is 0 Å². The number of hydrogen-bond donors (Lipinski definition) is 1. The van der Waals surface area contributed by atoms with E-state index in [4.69, 9.17) is 0 Å². The molecule has 0 fully saturated rings. The van der Waals surface area contributed by atoms with Crippen molar-refractivity contribution in [2.24, 2.45) is 0 Å². The number of amides is 1. The molecule has 1 N–H and O–H groups in total. The molecule has 0 spiro atoms. The van der Waals surface area contributed by atoms with E-state index in [1.165, 1.54) is 40.1 Å². The van der Waals surface area contributed by atoms with Gasteiger partial charge in [0.25, 0.3) is 5.91 Å². The highest BCUT2D eigenvalue weighted by Crippen LogP contribution is 2.40. The van der Waals surface area contributed by atoms with Crippen LogP contribution in [0.1, 0.15) is 41.8 Å². The molecule has 3 heterocycles. The zero-order valence-electron chi connectivity index (χ0n) is 17.6. The van der Waals surface area contributed by atoms with Crippen LogP contribution in [0.15, 0.2) is 42.9 Å². The molecule has 1 unspecified atom stereocenters. The Hall–Kier alpha value is -3.34. The quantitative estimate of drug-likeness (QED) is 0.587. The van der Waals surface area contributed by atoms with Crippen LogP contribution in [0.25, 0.3) is 11.1 Å². The smallest absolute Gasteiger partial charge is 0.374 e. The van der Waals surface area contributed by atoms with Crippen molar-refractivity contribution in [3.8, 4) is 11.1 Å². The van der Waals surface area contributed by atoms with Gasteiger partial charge >= 0.3 is 6.18 Å². The molecule has 0 radical (unpaired) electrons. The average molecular weight is 466 g/mol. The number of aliphatic hydroxyl groups is 1. The van der Waals surface area contributed by atoms with E-state index < -0.39 is 41.2 Å². The summed E-state index contributed by atoms with van der Waals surface area (Å²) in [5.41, 5.74) is -2.93. The molecular formula is C22H19F5N4O2. The molecule has 2 aromatic heterocycles. The molecule has 33 heavy (non-hydrogen) atoms. The minimum atomic E-state index is -4.94. The third-order valence-corrected chi connectivity index (χ3v) is 5.70. The minimum Gasteiger partial charge on any atom is -0.374 e. The van der Waals surface area contributed by atoms with Crippen molar-refractivity contribution < 1.29 is 31.9 Å². The lowest BCUT2D eigenvalue weighted by Gasteiger charge is -2.36. The number of halogens is 5. The summed E-state index contributed by atoms with van der Waals surface area (Å²) in [6.07, 6.45) is -1.51. The first-order valence-corrected chi connectivity index (χ1v) is 9.96. The molecule has 2 atom stereocenters. The average Bonchev–Trinajstić information content (AvgIpc) is 3.19. The van der Waals surface area contributed by atoms with Crippen LogP contribution in [-0.2, 0) is 12.1 Å². The number of alkyl halides is 3. The molecule has 0 saturated heterocycles. The van der Waals surface area contributed by atoms with Gasteiger partial charge in [-0.3, -0.25) is 9.78 Å². The van der Waals surface area contributed by atoms with E-state index >= 15 is 0 Å². The fourth-order valence-corrected chi connectivity index (χ4v) is 3.95. The van der Waals surface area contributed by atoms with Gasteiger partial charge in [0, 0.05) is 29.4 Å². The van der Waals surface area contributed by atoms with Crippen LogP contribution >= 0.6 is 0 Å². The zero-order valence-corrected chi connectivity index (χ0v) is 17.6. The Kier molecular flexibility index (Phi) is 5.47. The summed E-state index contributed by atoms with van der Waals surface area (Å²) in [6, 6.07) is 4.21. The Bertz CT molecular complexity index is 1220. The normalized spacial score (nSPS) is 18.1. The van der Waals surface area contributed by atoms with Crippen molar-refractivity contribution in [3.63, 3.8) is 0 Å². The molecule has 1 aromatic carbocycles. The predicted octanol–water partition coefficient (Wildman–Crippen LogP) is 4.21. The molecule has 174 valence electrons. The van der Waals surface area contributed by atoms with Crippen LogP contribution in [0, 0.1) is 11.6 Å². The second-order valence-corrected chi connectivity index (χ2v) is 8.10. The number of nitrogens with zero attached hydrogens (tertiary/aromatic N) is 4. The number of rotatable bonds is 3. The molecule has 0 saturated carbocycles. The molecule has 1 amide bonds. The van der Waals surface area contributed by atoms with E-state index in [1.54, 1.807) is 6.92 Å². The van der Waals surface area contributed by atoms with Gasteiger partial charge in [0.1, 0.15) is 11.6 Å². The van der Waals surface area contributed by atoms with Crippen LogP contribution in [0.5, 0.6) is 0 Å². The number of aromatic nitrogens is 3. The van der Waals surface area contributed by atoms with E-state index in [2.05, 4.69) is 9.97 Å². The standard InChI is InChI=1S/C22H19F5N4O2/c1-12-10-30(11-14-8-29-20(31(12)14)21(2,33)22(25,26)27)19(32)13-3-4-17(23)16(7-13)15-5-6-28-9-18(15)24/h3-9,12,33H,10-11H2,1-2H3/t12-,21?/m0/s1. The number of carbonyl (C=O) groups excluding carboxylic acids is 1. The van der Waals surface area contributed by atoms with E-state index in [0.717, 1.165) is 12.3 Å². The fourth-order valence-electron chi connectivity index (χ4n) is 3.95. The predicted molar refractivity (Wildman–Crippen MR) is 107 cm³/mol. The van der Waals surface area contributed by atoms with Crippen LogP contribution < -0.4 is 0 Å². The molecule has 6 nitrogen and oxygen atoms in total. The van der Waals surface area contributed by atoms with E-state index in [0.29, 0.717) is 12.6 Å². The Morgan fingerprint density at radius 2 is 1.85 bits per heavy atom. The van der Waals surface area contributed by atoms with Gasteiger partial charge in [-0.25, -0.2) is 13.8 Å². The first-order valence-electron chi connectivity index (χ1n) is 9.96. The van der Waals surface area contributed by atoms with Crippen molar-refractivity contribution >= 4 is 5.91 Å². The zero-order chi connectivity index (χ0) is 24.1. The van der Waals surface area contributed by atoms with Gasteiger partial charge in [0.15, 0.2) is 5.82 Å². The molecule has 4 rings (SSSR count). The lowest BCUT2D eigenvalue weighted by Crippen LogP contribution is -2.45. The second-order valence-electron chi connectivity index (χ2n) is 8.10. The minimum absolute atomic E-state index is 0.0272. The molecule has 1 aliphatic heterocycles. The van der Waals surface area contributed by atoms with Gasteiger partial charge in [-0.1, -0.05) is 0 Å². The first kappa shape index (κ1) is 22.8. The molecule has 0 bridgehead atoms. The topological polar surface area (TPSA) is 71.2 Å². The van der Waals surface area contributed by atoms with Gasteiger partial charge in [-0.05, 0) is 38.1 Å². The van der Waals surface area contributed by atoms with Gasteiger partial charge in [-0.15, -0.1) is 0 Å². The maximum atomic E-state index is 14.4. The lowest BCUT2D eigenvalue weighted by atomic mass is 10.0. The van der Waals surface area contributed by atoms with Gasteiger partial charge in [0.05, 0.1) is 30.7 Å². The van der Waals surface area contributed by atoms with E-state index in [-0.39, 0.29) is 29.8 Å². The molecule has 3 aromatic rings. The molecule has 11 heteroatoms. The SMILES string of the molecule is C[C@H]1CN(C(=O)c2ccc(F)c(-c3ccncc3F)c2)Cc2cnc(C(C)(O)C(F)(F)F)n21. The maximum absolute atomic E-state index is 14.4. The van der Waals surface area contributed by atoms with Crippen molar-refractivity contribution in [3.05, 3.63) is 71.6 Å². The maximum Gasteiger partial charge on any atom is 0.424 e. The Labute approximate surface area is 185 Å². The van der Waals surface area contributed by atoms with E-state index in [1.807, 2.05) is 0 Å². The molecule has 1 aliphatic rings. The van der Waals surface area contributed by atoms with Crippen LogP contribution in [-0.4, -0.2) is 43.2 Å². The summed E-state index contributed by atoms with van der Waals surface area (Å²) in [5, 5.41) is 10.1. The monoisotopic (exact) mass is 466 g/mol. The number of hydrogen-bond acceptors (Lipinski definition) is 4. The Morgan fingerprint density at radius 3 is 2.52 bits per heavy atom. The Balaban J connectivity index is 1.65. The van der Waals surface area contributed by atoms with E-state index in [9.17, 15) is 31.9 Å². The summed E-state index contributed by atoms with van der Waals surface area (Å²) in [6.45, 7) is 2.19. The van der Waals surface area contributed by atoms with Crippen molar-refractivity contribution in [2.45, 2.75) is 38.2 Å². The van der Waals surface area contributed by atoms with Gasteiger partial charge in [0.2, 0.25) is 5.60 Å². The van der Waals surface area contributed by atoms with Crippen molar-refractivity contribution in [1.82, 2.24) is 19.4 Å². The van der Waals surface area contributed by atoms with Crippen LogP contribution in [0.4, 0.5) is 22.0 Å². The summed E-state index contributed by atoms with van der Waals surface area (Å²) in [4.78, 5) is 21.9. The summed E-state index contributed by atoms with van der Waals surface area (Å²) < 4.78 is 69.7. The largest absolute Gasteiger partial charge is 0.424 e. The van der Waals surface area contributed by atoms with Crippen molar-refractivity contribution in [2.75, 3.05) is 6.54 Å². The summed E-state index contributed by atoms with van der Waals surface area (Å²) in [5.74, 6) is -2.53. The summed E-state index contributed by atoms with van der Waals surface area (Å²) >= 11 is 0. The number of fused-ring (bicyclic) bond motifs is 1. The number of imidazole rings is 1. The highest BCUT2D eigenvalue weighted by molar-refractivity contribution is 5.95. The highest BCUT2D eigenvalue weighted by atomic mass is 19.4. The molecular weight excluding hydrogens is 447 g/mol. The first-order chi connectivity index (χ1) is 15.4. The third kappa shape index (κ3) is 3.86. The number of benzene rings is 1. The van der Waals surface area contributed by atoms with Crippen LogP contribution in [0.2, 0.25) is 0 Å². The highest BCUT2D eigenvalue weighted by Gasteiger charge is 2.55. The number of carbonyl (C=O) groups is 1. The number of pyridine rings is 1. The Morgan fingerprint density at radius 1 is 1.12 bits per heavy atom. The van der Waals surface area contributed by atoms with Gasteiger partial charge in [-0.2, -0.15) is 13.2 Å². The second kappa shape index (κ2) is 7.91. The fraction of sp³-hybridized carbons (Fsp3) is 0.318.